The Balaban J connectivity index is 1.82. The smallest absolute Gasteiger partial charge is 0.335 e. The quantitative estimate of drug-likeness (QED) is 0.914. The van der Waals surface area contributed by atoms with Crippen molar-refractivity contribution in [3.8, 4) is 0 Å². The predicted molar refractivity (Wildman–Crippen MR) is 75.7 cm³/mol. The van der Waals surface area contributed by atoms with E-state index in [1.54, 1.807) is 12.3 Å². The van der Waals surface area contributed by atoms with Gasteiger partial charge in [0.05, 0.1) is 11.6 Å². The van der Waals surface area contributed by atoms with Gasteiger partial charge in [0, 0.05) is 24.4 Å². The van der Waals surface area contributed by atoms with Crippen molar-refractivity contribution in [3.05, 3.63) is 66.2 Å². The van der Waals surface area contributed by atoms with E-state index >= 15 is 0 Å². The topological polar surface area (TPSA) is 53.4 Å². The average Bonchev–Trinajstić information content (AvgIpc) is 2.76. The van der Waals surface area contributed by atoms with Crippen LogP contribution >= 0.6 is 0 Å². The number of carboxylic acid groups (broad SMARTS) is 1. The highest BCUT2D eigenvalue weighted by molar-refractivity contribution is 5.90. The Morgan fingerprint density at radius 3 is 3.10 bits per heavy atom. The van der Waals surface area contributed by atoms with E-state index in [0.29, 0.717) is 5.57 Å². The molecule has 3 rings (SSSR count). The van der Waals surface area contributed by atoms with Crippen molar-refractivity contribution in [2.75, 3.05) is 0 Å². The van der Waals surface area contributed by atoms with Crippen molar-refractivity contribution in [1.82, 2.24) is 9.88 Å². The Labute approximate surface area is 117 Å². The van der Waals surface area contributed by atoms with Gasteiger partial charge in [0.2, 0.25) is 0 Å². The molecular weight excluding hydrogens is 252 g/mol. The van der Waals surface area contributed by atoms with E-state index in [1.807, 2.05) is 36.7 Å². The van der Waals surface area contributed by atoms with Crippen LogP contribution in [0.4, 0.5) is 0 Å². The number of hydrogen-bond acceptors (Lipinski definition) is 3. The van der Waals surface area contributed by atoms with Crippen LogP contribution in [0.2, 0.25) is 0 Å². The molecule has 1 N–H and O–H groups in total. The SMILES string of the molecule is CC12C=CN(Cc3cccnc3)C1C=CC(C(=O)O)=C2. The third-order valence-corrected chi connectivity index (χ3v) is 3.88. The van der Waals surface area contributed by atoms with E-state index in [-0.39, 0.29) is 11.5 Å². The molecule has 0 spiro atoms. The highest BCUT2D eigenvalue weighted by Gasteiger charge is 2.39. The molecule has 0 bridgehead atoms. The maximum absolute atomic E-state index is 11.1. The third-order valence-electron chi connectivity index (χ3n) is 3.88. The molecule has 20 heavy (non-hydrogen) atoms. The van der Waals surface area contributed by atoms with Crippen molar-refractivity contribution in [2.24, 2.45) is 5.41 Å². The Bertz CT molecular complexity index is 619. The van der Waals surface area contributed by atoms with Gasteiger partial charge in [-0.1, -0.05) is 31.2 Å². The van der Waals surface area contributed by atoms with Gasteiger partial charge in [-0.25, -0.2) is 4.79 Å². The van der Waals surface area contributed by atoms with Gasteiger partial charge in [-0.3, -0.25) is 4.98 Å². The fourth-order valence-electron chi connectivity index (χ4n) is 2.82. The monoisotopic (exact) mass is 268 g/mol. The summed E-state index contributed by atoms with van der Waals surface area (Å²) in [7, 11) is 0. The highest BCUT2D eigenvalue weighted by Crippen LogP contribution is 2.40. The molecule has 0 saturated heterocycles. The summed E-state index contributed by atoms with van der Waals surface area (Å²) in [6, 6.07) is 4.13. The van der Waals surface area contributed by atoms with Gasteiger partial charge in [0.15, 0.2) is 0 Å². The number of nitrogens with zero attached hydrogens (tertiary/aromatic N) is 2. The molecule has 4 heteroatoms. The van der Waals surface area contributed by atoms with Crippen LogP contribution in [0.5, 0.6) is 0 Å². The first-order valence-electron chi connectivity index (χ1n) is 6.57. The summed E-state index contributed by atoms with van der Waals surface area (Å²) in [6.45, 7) is 2.83. The van der Waals surface area contributed by atoms with E-state index in [0.717, 1.165) is 12.1 Å². The van der Waals surface area contributed by atoms with Gasteiger partial charge in [-0.2, -0.15) is 0 Å². The second-order valence-corrected chi connectivity index (χ2v) is 5.42. The number of carboxylic acids is 1. The van der Waals surface area contributed by atoms with Crippen molar-refractivity contribution < 1.29 is 9.90 Å². The number of rotatable bonds is 3. The molecule has 1 aromatic rings. The fraction of sp³-hybridized carbons (Fsp3) is 0.250. The van der Waals surface area contributed by atoms with Crippen LogP contribution in [-0.4, -0.2) is 27.0 Å². The maximum atomic E-state index is 11.1. The van der Waals surface area contributed by atoms with E-state index in [2.05, 4.69) is 22.9 Å². The largest absolute Gasteiger partial charge is 0.478 e. The minimum Gasteiger partial charge on any atom is -0.478 e. The summed E-state index contributed by atoms with van der Waals surface area (Å²) in [4.78, 5) is 17.4. The lowest BCUT2D eigenvalue weighted by Gasteiger charge is -2.35. The van der Waals surface area contributed by atoms with Crippen LogP contribution in [0.25, 0.3) is 0 Å². The molecule has 0 radical (unpaired) electrons. The first-order valence-corrected chi connectivity index (χ1v) is 6.57. The predicted octanol–water partition coefficient (Wildman–Crippen LogP) is 2.37. The molecule has 1 aromatic heterocycles. The van der Waals surface area contributed by atoms with Gasteiger partial charge in [0.25, 0.3) is 0 Å². The van der Waals surface area contributed by atoms with Crippen LogP contribution in [-0.2, 0) is 11.3 Å². The summed E-state index contributed by atoms with van der Waals surface area (Å²) in [5.74, 6) is -0.875. The zero-order chi connectivity index (χ0) is 14.2. The second-order valence-electron chi connectivity index (χ2n) is 5.42. The minimum atomic E-state index is -0.875. The Hall–Kier alpha value is -2.36. The van der Waals surface area contributed by atoms with Gasteiger partial charge >= 0.3 is 5.97 Å². The summed E-state index contributed by atoms with van der Waals surface area (Å²) in [5, 5.41) is 9.11. The van der Waals surface area contributed by atoms with Gasteiger partial charge in [-0.15, -0.1) is 0 Å². The molecular formula is C16H16N2O2. The molecule has 2 heterocycles. The van der Waals surface area contributed by atoms with Crippen molar-refractivity contribution in [2.45, 2.75) is 19.5 Å². The number of aliphatic carboxylic acids is 1. The first-order chi connectivity index (χ1) is 9.58. The van der Waals surface area contributed by atoms with Gasteiger partial charge < -0.3 is 10.0 Å². The lowest BCUT2D eigenvalue weighted by molar-refractivity contribution is -0.132. The van der Waals surface area contributed by atoms with E-state index in [4.69, 9.17) is 5.11 Å². The normalized spacial score (nSPS) is 27.4. The van der Waals surface area contributed by atoms with Crippen LogP contribution in [0.15, 0.2) is 60.6 Å². The van der Waals surface area contributed by atoms with Crippen molar-refractivity contribution in [3.63, 3.8) is 0 Å². The molecule has 0 aromatic carbocycles. The Morgan fingerprint density at radius 2 is 2.40 bits per heavy atom. The third kappa shape index (κ3) is 2.13. The van der Waals surface area contributed by atoms with Gasteiger partial charge in [-0.05, 0) is 23.9 Å². The van der Waals surface area contributed by atoms with E-state index in [9.17, 15) is 4.79 Å². The molecule has 2 atom stereocenters. The average molecular weight is 268 g/mol. The van der Waals surface area contributed by atoms with Crippen LogP contribution in [0.3, 0.4) is 0 Å². The molecule has 0 fully saturated rings. The molecule has 0 saturated carbocycles. The number of hydrogen-bond donors (Lipinski definition) is 1. The molecule has 102 valence electrons. The van der Waals surface area contributed by atoms with E-state index in [1.165, 1.54) is 0 Å². The number of pyridine rings is 1. The molecule has 0 amide bonds. The molecule has 2 aliphatic rings. The number of aromatic nitrogens is 1. The molecule has 4 nitrogen and oxygen atoms in total. The maximum Gasteiger partial charge on any atom is 0.335 e. The standard InChI is InChI=1S/C16H16N2O2/c1-16-6-8-18(11-12-3-2-7-17-10-12)14(16)5-4-13(9-16)15(19)20/h2-10,14H,11H2,1H3,(H,19,20). The minimum absolute atomic E-state index is 0.158. The molecule has 1 aliphatic carbocycles. The fourth-order valence-corrected chi connectivity index (χ4v) is 2.82. The summed E-state index contributed by atoms with van der Waals surface area (Å²) >= 11 is 0. The number of carbonyl (C=O) groups is 1. The van der Waals surface area contributed by atoms with Crippen LogP contribution in [0.1, 0.15) is 12.5 Å². The molecule has 1 aliphatic heterocycles. The second kappa shape index (κ2) is 4.63. The van der Waals surface area contributed by atoms with Crippen LogP contribution < -0.4 is 0 Å². The summed E-state index contributed by atoms with van der Waals surface area (Å²) < 4.78 is 0. The van der Waals surface area contributed by atoms with Crippen molar-refractivity contribution >= 4 is 5.97 Å². The Morgan fingerprint density at radius 1 is 1.55 bits per heavy atom. The molecule has 2 unspecified atom stereocenters. The lowest BCUT2D eigenvalue weighted by atomic mass is 9.78. The summed E-state index contributed by atoms with van der Waals surface area (Å²) in [5.41, 5.74) is 1.24. The summed E-state index contributed by atoms with van der Waals surface area (Å²) in [6.07, 6.45) is 13.2. The first kappa shape index (κ1) is 12.7. The van der Waals surface area contributed by atoms with Crippen LogP contribution in [0, 0.1) is 5.41 Å². The highest BCUT2D eigenvalue weighted by atomic mass is 16.4. The van der Waals surface area contributed by atoms with Crippen molar-refractivity contribution in [1.29, 1.82) is 0 Å². The number of fused-ring (bicyclic) bond motifs is 1. The lowest BCUT2D eigenvalue weighted by Crippen LogP contribution is -2.37. The zero-order valence-electron chi connectivity index (χ0n) is 11.2. The van der Waals surface area contributed by atoms with E-state index < -0.39 is 5.97 Å². The Kier molecular flexibility index (Phi) is 2.93. The zero-order valence-corrected chi connectivity index (χ0v) is 11.2. The van der Waals surface area contributed by atoms with Gasteiger partial charge in [0.1, 0.15) is 0 Å².